The van der Waals surface area contributed by atoms with Crippen molar-refractivity contribution >= 4 is 10.8 Å². The lowest BCUT2D eigenvalue weighted by Gasteiger charge is -2.09. The third-order valence-corrected chi connectivity index (χ3v) is 5.56. The summed E-state index contributed by atoms with van der Waals surface area (Å²) in [5, 5.41) is 10.4. The molecule has 0 saturated carbocycles. The van der Waals surface area contributed by atoms with E-state index in [0.29, 0.717) is 22.9 Å². The van der Waals surface area contributed by atoms with Crippen molar-refractivity contribution in [1.82, 2.24) is 4.98 Å². The third-order valence-electron chi connectivity index (χ3n) is 5.56. The van der Waals surface area contributed by atoms with Crippen molar-refractivity contribution in [3.05, 3.63) is 114 Å². The van der Waals surface area contributed by atoms with E-state index < -0.39 is 0 Å². The average Bonchev–Trinajstić information content (AvgIpc) is 2.83. The Morgan fingerprint density at radius 1 is 0.903 bits per heavy atom. The number of hydrogen-bond acceptors (Lipinski definition) is 2. The molecule has 0 spiro atoms. The van der Waals surface area contributed by atoms with Gasteiger partial charge in [0.25, 0.3) is 0 Å². The van der Waals surface area contributed by atoms with Crippen LogP contribution >= 0.6 is 0 Å². The minimum Gasteiger partial charge on any atom is -0.256 e. The first-order chi connectivity index (χ1) is 15.2. The van der Waals surface area contributed by atoms with E-state index in [1.807, 2.05) is 60.8 Å². The second-order valence-electron chi connectivity index (χ2n) is 7.66. The summed E-state index contributed by atoms with van der Waals surface area (Å²) >= 11 is 0. The highest BCUT2D eigenvalue weighted by atomic mass is 19.1. The van der Waals surface area contributed by atoms with E-state index in [1.165, 1.54) is 5.56 Å². The molecule has 1 heterocycles. The molecule has 0 bridgehead atoms. The number of fused-ring (bicyclic) bond motifs is 1. The summed E-state index contributed by atoms with van der Waals surface area (Å²) in [6, 6.07) is 23.3. The molecule has 0 aliphatic carbocycles. The molecule has 4 rings (SSSR count). The molecule has 0 unspecified atom stereocenters. The Bertz CT molecular complexity index is 1250. The summed E-state index contributed by atoms with van der Waals surface area (Å²) in [5.74, 6) is -0.162. The Morgan fingerprint density at radius 3 is 2.42 bits per heavy atom. The standard InChI is InChI=1S/C28H23FN2/c1-2-3-4-22-10-16-27(31-19-22)25-14-15-26-24(17-25)13-12-23(28(26)29)11-9-20-5-7-21(18-30)8-6-20/h2,5-8,10,12-17,19H,1,3-4,9,11H2. The summed E-state index contributed by atoms with van der Waals surface area (Å²) in [5.41, 5.74) is 5.48. The largest absolute Gasteiger partial charge is 0.256 e. The predicted molar refractivity (Wildman–Crippen MR) is 124 cm³/mol. The van der Waals surface area contributed by atoms with Gasteiger partial charge < -0.3 is 0 Å². The highest BCUT2D eigenvalue weighted by molar-refractivity contribution is 5.88. The molecule has 152 valence electrons. The molecule has 2 nitrogen and oxygen atoms in total. The first-order valence-corrected chi connectivity index (χ1v) is 10.4. The number of benzene rings is 3. The van der Waals surface area contributed by atoms with Crippen molar-refractivity contribution in [2.75, 3.05) is 0 Å². The number of rotatable bonds is 7. The van der Waals surface area contributed by atoms with Gasteiger partial charge in [0.1, 0.15) is 5.82 Å². The van der Waals surface area contributed by atoms with E-state index in [0.717, 1.165) is 41.5 Å². The molecule has 3 heteroatoms. The summed E-state index contributed by atoms with van der Waals surface area (Å²) in [6.07, 6.45) is 7.02. The second-order valence-corrected chi connectivity index (χ2v) is 7.66. The maximum absolute atomic E-state index is 15.1. The van der Waals surface area contributed by atoms with Gasteiger partial charge in [-0.25, -0.2) is 4.39 Å². The molecule has 0 radical (unpaired) electrons. The Balaban J connectivity index is 1.53. The Kier molecular flexibility index (Phi) is 6.19. The second kappa shape index (κ2) is 9.36. The Hall–Kier alpha value is -3.77. The molecule has 0 fully saturated rings. The van der Waals surface area contributed by atoms with Crippen LogP contribution in [0.2, 0.25) is 0 Å². The van der Waals surface area contributed by atoms with E-state index in [4.69, 9.17) is 5.26 Å². The number of allylic oxidation sites excluding steroid dienone is 1. The number of nitrogens with zero attached hydrogens (tertiary/aromatic N) is 2. The van der Waals surface area contributed by atoms with Crippen LogP contribution in [0.15, 0.2) is 85.6 Å². The number of nitriles is 1. The quantitative estimate of drug-likeness (QED) is 0.316. The lowest BCUT2D eigenvalue weighted by Crippen LogP contribution is -1.96. The van der Waals surface area contributed by atoms with Gasteiger partial charge in [-0.15, -0.1) is 6.58 Å². The van der Waals surface area contributed by atoms with E-state index in [2.05, 4.69) is 23.7 Å². The van der Waals surface area contributed by atoms with Gasteiger partial charge in [-0.3, -0.25) is 4.98 Å². The fourth-order valence-electron chi connectivity index (χ4n) is 3.73. The minimum absolute atomic E-state index is 0.162. The zero-order valence-electron chi connectivity index (χ0n) is 17.3. The zero-order chi connectivity index (χ0) is 21.6. The van der Waals surface area contributed by atoms with E-state index in [9.17, 15) is 0 Å². The van der Waals surface area contributed by atoms with Crippen LogP contribution in [0.1, 0.15) is 28.7 Å². The van der Waals surface area contributed by atoms with Gasteiger partial charge in [0.2, 0.25) is 0 Å². The van der Waals surface area contributed by atoms with Crippen LogP contribution in [0.25, 0.3) is 22.0 Å². The van der Waals surface area contributed by atoms with E-state index in [-0.39, 0.29) is 5.82 Å². The van der Waals surface area contributed by atoms with Crippen molar-refractivity contribution in [2.24, 2.45) is 0 Å². The summed E-state index contributed by atoms with van der Waals surface area (Å²) in [7, 11) is 0. The van der Waals surface area contributed by atoms with Crippen molar-refractivity contribution < 1.29 is 4.39 Å². The first kappa shape index (κ1) is 20.5. The highest BCUT2D eigenvalue weighted by Gasteiger charge is 2.10. The maximum atomic E-state index is 15.1. The summed E-state index contributed by atoms with van der Waals surface area (Å²) in [6.45, 7) is 3.75. The van der Waals surface area contributed by atoms with Crippen molar-refractivity contribution in [2.45, 2.75) is 25.7 Å². The van der Waals surface area contributed by atoms with Gasteiger partial charge >= 0.3 is 0 Å². The average molecular weight is 407 g/mol. The first-order valence-electron chi connectivity index (χ1n) is 10.4. The van der Waals surface area contributed by atoms with Gasteiger partial charge in [-0.05, 0) is 72.0 Å². The molecular formula is C28H23FN2. The summed E-state index contributed by atoms with van der Waals surface area (Å²) in [4.78, 5) is 4.58. The lowest BCUT2D eigenvalue weighted by molar-refractivity contribution is 0.620. The molecule has 0 N–H and O–H groups in total. The topological polar surface area (TPSA) is 36.7 Å². The van der Waals surface area contributed by atoms with Crippen LogP contribution in [0.4, 0.5) is 4.39 Å². The molecule has 0 saturated heterocycles. The molecule has 0 atom stereocenters. The van der Waals surface area contributed by atoms with Crippen molar-refractivity contribution in [3.63, 3.8) is 0 Å². The van der Waals surface area contributed by atoms with Crippen molar-refractivity contribution in [1.29, 1.82) is 5.26 Å². The molecule has 0 aliphatic rings. The lowest BCUT2D eigenvalue weighted by atomic mass is 9.98. The number of aromatic nitrogens is 1. The van der Waals surface area contributed by atoms with Crippen LogP contribution < -0.4 is 0 Å². The SMILES string of the molecule is C=CCCc1ccc(-c2ccc3c(F)c(CCc4ccc(C#N)cc4)ccc3c2)nc1. The van der Waals surface area contributed by atoms with Gasteiger partial charge in [0.15, 0.2) is 0 Å². The molecule has 3 aromatic carbocycles. The van der Waals surface area contributed by atoms with Crippen molar-refractivity contribution in [3.8, 4) is 17.3 Å². The van der Waals surface area contributed by atoms with Gasteiger partial charge in [0, 0.05) is 17.1 Å². The third kappa shape index (κ3) is 4.70. The van der Waals surface area contributed by atoms with E-state index >= 15 is 4.39 Å². The van der Waals surface area contributed by atoms with Gasteiger partial charge in [0.05, 0.1) is 17.3 Å². The fraction of sp³-hybridized carbons (Fsp3) is 0.143. The number of aryl methyl sites for hydroxylation is 3. The van der Waals surface area contributed by atoms with Gasteiger partial charge in [-0.2, -0.15) is 5.26 Å². The minimum atomic E-state index is -0.162. The van der Waals surface area contributed by atoms with Crippen LogP contribution in [-0.2, 0) is 19.3 Å². The Morgan fingerprint density at radius 2 is 1.71 bits per heavy atom. The normalized spacial score (nSPS) is 10.7. The van der Waals surface area contributed by atoms with Crippen LogP contribution in [0.3, 0.4) is 0 Å². The smallest absolute Gasteiger partial charge is 0.134 e. The van der Waals surface area contributed by atoms with Gasteiger partial charge in [-0.1, -0.05) is 48.5 Å². The van der Waals surface area contributed by atoms with Crippen LogP contribution in [0.5, 0.6) is 0 Å². The number of pyridine rings is 1. The molecule has 31 heavy (non-hydrogen) atoms. The molecule has 0 amide bonds. The highest BCUT2D eigenvalue weighted by Crippen LogP contribution is 2.27. The fourth-order valence-corrected chi connectivity index (χ4v) is 3.73. The molecular weight excluding hydrogens is 383 g/mol. The van der Waals surface area contributed by atoms with Crippen LogP contribution in [0, 0.1) is 17.1 Å². The molecule has 0 aliphatic heterocycles. The van der Waals surface area contributed by atoms with Crippen LogP contribution in [-0.4, -0.2) is 4.98 Å². The van der Waals surface area contributed by atoms with E-state index in [1.54, 1.807) is 12.1 Å². The predicted octanol–water partition coefficient (Wildman–Crippen LogP) is 6.82. The maximum Gasteiger partial charge on any atom is 0.134 e. The number of halogens is 1. The number of hydrogen-bond donors (Lipinski definition) is 0. The monoisotopic (exact) mass is 406 g/mol. The zero-order valence-corrected chi connectivity index (χ0v) is 17.3. The summed E-state index contributed by atoms with van der Waals surface area (Å²) < 4.78 is 15.1. The molecule has 4 aromatic rings. The molecule has 1 aromatic heterocycles. The Labute approximate surface area is 182 Å².